The minimum Gasteiger partial charge on any atom is -0.353 e. The molecule has 1 amide bonds. The number of amides is 1. The Morgan fingerprint density at radius 3 is 2.80 bits per heavy atom. The van der Waals surface area contributed by atoms with Crippen LogP contribution < -0.4 is 4.90 Å². The lowest BCUT2D eigenvalue weighted by molar-refractivity contribution is -0.132. The van der Waals surface area contributed by atoms with Gasteiger partial charge >= 0.3 is 0 Å². The summed E-state index contributed by atoms with van der Waals surface area (Å²) < 4.78 is 0. The molecule has 6 nitrogen and oxygen atoms in total. The Bertz CT molecular complexity index is 733. The number of nitrogens with zero attached hydrogens (tertiary/aromatic N) is 5. The summed E-state index contributed by atoms with van der Waals surface area (Å²) in [5, 5.41) is 8.42. The Morgan fingerprint density at radius 2 is 2.04 bits per heavy atom. The maximum absolute atomic E-state index is 12.8. The maximum atomic E-state index is 12.8. The molecular formula is C19H23N5O. The van der Waals surface area contributed by atoms with Crippen molar-refractivity contribution >= 4 is 11.7 Å². The van der Waals surface area contributed by atoms with Crippen LogP contribution in [-0.2, 0) is 4.79 Å². The largest absolute Gasteiger partial charge is 0.353 e. The maximum Gasteiger partial charge on any atom is 0.226 e. The van der Waals surface area contributed by atoms with Gasteiger partial charge in [0.2, 0.25) is 5.91 Å². The zero-order chi connectivity index (χ0) is 17.2. The summed E-state index contributed by atoms with van der Waals surface area (Å²) in [4.78, 5) is 21.3. The predicted molar refractivity (Wildman–Crippen MR) is 95.3 cm³/mol. The summed E-state index contributed by atoms with van der Waals surface area (Å²) in [5.74, 6) is 1.68. The van der Waals surface area contributed by atoms with Gasteiger partial charge in [0.1, 0.15) is 0 Å². The molecule has 2 atom stereocenters. The van der Waals surface area contributed by atoms with E-state index in [9.17, 15) is 4.79 Å². The monoisotopic (exact) mass is 337 g/mol. The van der Waals surface area contributed by atoms with Crippen LogP contribution in [0.5, 0.6) is 0 Å². The second-order valence-electron chi connectivity index (χ2n) is 6.93. The number of hydrogen-bond donors (Lipinski definition) is 0. The Morgan fingerprint density at radius 1 is 1.12 bits per heavy atom. The summed E-state index contributed by atoms with van der Waals surface area (Å²) >= 11 is 0. The molecule has 25 heavy (non-hydrogen) atoms. The van der Waals surface area contributed by atoms with Crippen LogP contribution in [0.25, 0.3) is 0 Å². The van der Waals surface area contributed by atoms with Gasteiger partial charge in [0, 0.05) is 44.5 Å². The molecule has 3 heterocycles. The van der Waals surface area contributed by atoms with E-state index in [2.05, 4.69) is 26.1 Å². The van der Waals surface area contributed by atoms with Gasteiger partial charge in [-0.1, -0.05) is 6.07 Å². The lowest BCUT2D eigenvalue weighted by atomic mass is 10.1. The lowest BCUT2D eigenvalue weighted by Gasteiger charge is -2.22. The van der Waals surface area contributed by atoms with Gasteiger partial charge in [0.05, 0.1) is 5.69 Å². The van der Waals surface area contributed by atoms with Crippen LogP contribution >= 0.6 is 0 Å². The van der Waals surface area contributed by atoms with Crippen molar-refractivity contribution < 1.29 is 4.79 Å². The van der Waals surface area contributed by atoms with Gasteiger partial charge in [-0.25, -0.2) is 0 Å². The SMILES string of the molecule is Cc1ccc(N2CCCN(C(=O)C3CC3c3cccnc3)CC2)nn1. The minimum absolute atomic E-state index is 0.134. The molecule has 0 radical (unpaired) electrons. The number of pyridine rings is 1. The molecule has 1 saturated carbocycles. The lowest BCUT2D eigenvalue weighted by Crippen LogP contribution is -2.36. The molecule has 130 valence electrons. The fourth-order valence-corrected chi connectivity index (χ4v) is 3.59. The molecule has 0 N–H and O–H groups in total. The number of hydrogen-bond acceptors (Lipinski definition) is 5. The number of carbonyl (C=O) groups excluding carboxylic acids is 1. The van der Waals surface area contributed by atoms with E-state index in [1.54, 1.807) is 6.20 Å². The van der Waals surface area contributed by atoms with E-state index < -0.39 is 0 Å². The van der Waals surface area contributed by atoms with E-state index in [0.717, 1.165) is 50.5 Å². The Balaban J connectivity index is 1.36. The van der Waals surface area contributed by atoms with Gasteiger partial charge in [-0.05, 0) is 49.4 Å². The Kier molecular flexibility index (Phi) is 4.34. The number of anilines is 1. The summed E-state index contributed by atoms with van der Waals surface area (Å²) in [6.45, 7) is 5.25. The van der Waals surface area contributed by atoms with Gasteiger partial charge in [-0.15, -0.1) is 5.10 Å². The van der Waals surface area contributed by atoms with Gasteiger partial charge in [-0.2, -0.15) is 5.10 Å². The number of aryl methyl sites for hydroxylation is 1. The zero-order valence-electron chi connectivity index (χ0n) is 14.5. The fraction of sp³-hybridized carbons (Fsp3) is 0.474. The second-order valence-corrected chi connectivity index (χ2v) is 6.93. The molecule has 6 heteroatoms. The van der Waals surface area contributed by atoms with Crippen molar-refractivity contribution in [1.29, 1.82) is 0 Å². The zero-order valence-corrected chi connectivity index (χ0v) is 14.5. The van der Waals surface area contributed by atoms with E-state index in [-0.39, 0.29) is 5.92 Å². The molecule has 0 spiro atoms. The molecule has 2 aliphatic rings. The normalized spacial score (nSPS) is 23.2. The third-order valence-electron chi connectivity index (χ3n) is 5.14. The topological polar surface area (TPSA) is 62.2 Å². The first-order valence-corrected chi connectivity index (χ1v) is 8.96. The van der Waals surface area contributed by atoms with Crippen LogP contribution in [0.4, 0.5) is 5.82 Å². The smallest absolute Gasteiger partial charge is 0.226 e. The second kappa shape index (κ2) is 6.78. The van der Waals surface area contributed by atoms with Crippen molar-refractivity contribution in [2.24, 2.45) is 5.92 Å². The molecule has 1 saturated heterocycles. The predicted octanol–water partition coefficient (Wildman–Crippen LogP) is 2.02. The van der Waals surface area contributed by atoms with E-state index in [1.807, 2.05) is 36.2 Å². The van der Waals surface area contributed by atoms with Crippen molar-refractivity contribution in [3.05, 3.63) is 47.9 Å². The number of carbonyl (C=O) groups is 1. The summed E-state index contributed by atoms with van der Waals surface area (Å²) in [7, 11) is 0. The van der Waals surface area contributed by atoms with Gasteiger partial charge in [0.25, 0.3) is 0 Å². The molecule has 4 rings (SSSR count). The fourth-order valence-electron chi connectivity index (χ4n) is 3.59. The summed E-state index contributed by atoms with van der Waals surface area (Å²) in [5.41, 5.74) is 2.11. The van der Waals surface area contributed by atoms with Crippen molar-refractivity contribution in [3.8, 4) is 0 Å². The molecule has 0 aromatic carbocycles. The summed E-state index contributed by atoms with van der Waals surface area (Å²) in [6.07, 6.45) is 5.58. The van der Waals surface area contributed by atoms with Gasteiger partial charge < -0.3 is 9.80 Å². The third kappa shape index (κ3) is 3.48. The van der Waals surface area contributed by atoms with Gasteiger partial charge in [0.15, 0.2) is 5.82 Å². The van der Waals surface area contributed by atoms with Crippen LogP contribution in [0.2, 0.25) is 0 Å². The van der Waals surface area contributed by atoms with Crippen LogP contribution in [0.1, 0.15) is 30.0 Å². The van der Waals surface area contributed by atoms with Crippen molar-refractivity contribution in [1.82, 2.24) is 20.1 Å². The van der Waals surface area contributed by atoms with Crippen LogP contribution in [0.15, 0.2) is 36.7 Å². The highest BCUT2D eigenvalue weighted by atomic mass is 16.2. The molecular weight excluding hydrogens is 314 g/mol. The number of aromatic nitrogens is 3. The molecule has 2 fully saturated rings. The third-order valence-corrected chi connectivity index (χ3v) is 5.14. The highest BCUT2D eigenvalue weighted by Gasteiger charge is 2.45. The highest BCUT2D eigenvalue weighted by molar-refractivity contribution is 5.83. The first-order chi connectivity index (χ1) is 12.2. The van der Waals surface area contributed by atoms with Crippen molar-refractivity contribution in [2.45, 2.75) is 25.7 Å². The molecule has 2 aromatic heterocycles. The highest BCUT2D eigenvalue weighted by Crippen LogP contribution is 2.48. The average Bonchev–Trinajstić information content (AvgIpc) is 3.46. The van der Waals surface area contributed by atoms with Crippen LogP contribution in [-0.4, -0.2) is 52.2 Å². The molecule has 0 bridgehead atoms. The molecule has 2 unspecified atom stereocenters. The Hall–Kier alpha value is -2.50. The first kappa shape index (κ1) is 16.0. The van der Waals surface area contributed by atoms with Crippen LogP contribution in [0.3, 0.4) is 0 Å². The first-order valence-electron chi connectivity index (χ1n) is 8.96. The molecule has 1 aliphatic carbocycles. The van der Waals surface area contributed by atoms with E-state index in [0.29, 0.717) is 11.8 Å². The van der Waals surface area contributed by atoms with Crippen molar-refractivity contribution in [3.63, 3.8) is 0 Å². The van der Waals surface area contributed by atoms with E-state index in [1.165, 1.54) is 5.56 Å². The Labute approximate surface area is 147 Å². The van der Waals surface area contributed by atoms with Gasteiger partial charge in [-0.3, -0.25) is 9.78 Å². The van der Waals surface area contributed by atoms with Crippen LogP contribution in [0, 0.1) is 12.8 Å². The number of rotatable bonds is 3. The molecule has 1 aliphatic heterocycles. The quantitative estimate of drug-likeness (QED) is 0.857. The molecule has 2 aromatic rings. The van der Waals surface area contributed by atoms with Crippen molar-refractivity contribution in [2.75, 3.05) is 31.1 Å². The minimum atomic E-state index is 0.134. The average molecular weight is 337 g/mol. The van der Waals surface area contributed by atoms with E-state index >= 15 is 0 Å². The standard InChI is InChI=1S/C19H23N5O/c1-14-5-6-18(22-21-14)23-8-3-9-24(11-10-23)19(25)17-12-16(17)15-4-2-7-20-13-15/h2,4-7,13,16-17H,3,8-12H2,1H3. The summed E-state index contributed by atoms with van der Waals surface area (Å²) in [6, 6.07) is 8.02. The van der Waals surface area contributed by atoms with E-state index in [4.69, 9.17) is 0 Å².